The van der Waals surface area contributed by atoms with E-state index in [2.05, 4.69) is 5.32 Å². The van der Waals surface area contributed by atoms with Crippen molar-refractivity contribution in [2.24, 2.45) is 7.05 Å². The molecule has 1 unspecified atom stereocenters. The smallest absolute Gasteiger partial charge is 0.261 e. The topological polar surface area (TPSA) is 84.3 Å². The number of aryl methyl sites for hydroxylation is 1. The van der Waals surface area contributed by atoms with Crippen LogP contribution in [0.3, 0.4) is 0 Å². The van der Waals surface area contributed by atoms with Crippen LogP contribution in [-0.2, 0) is 11.8 Å². The Bertz CT molecular complexity index is 1360. The van der Waals surface area contributed by atoms with Crippen LogP contribution < -0.4 is 5.32 Å². The molecule has 0 aliphatic carbocycles. The van der Waals surface area contributed by atoms with Gasteiger partial charge in [0.05, 0.1) is 22.2 Å². The summed E-state index contributed by atoms with van der Waals surface area (Å²) < 4.78 is 1.99. The van der Waals surface area contributed by atoms with E-state index in [1.165, 1.54) is 4.90 Å². The van der Waals surface area contributed by atoms with Crippen molar-refractivity contribution in [2.45, 2.75) is 18.9 Å². The van der Waals surface area contributed by atoms with Gasteiger partial charge in [-0.3, -0.25) is 19.3 Å². The lowest BCUT2D eigenvalue weighted by Gasteiger charge is -2.20. The zero-order chi connectivity index (χ0) is 23.7. The monoisotopic (exact) mass is 452 g/mol. The van der Waals surface area contributed by atoms with E-state index in [-0.39, 0.29) is 30.7 Å². The number of nitrogens with one attached hydrogen (secondary N) is 1. The maximum atomic E-state index is 12.9. The zero-order valence-electron chi connectivity index (χ0n) is 18.8. The van der Waals surface area contributed by atoms with Crippen molar-refractivity contribution in [3.05, 3.63) is 101 Å². The van der Waals surface area contributed by atoms with E-state index in [0.717, 1.165) is 22.4 Å². The van der Waals surface area contributed by atoms with Crippen LogP contribution in [-0.4, -0.2) is 38.7 Å². The minimum absolute atomic E-state index is 0.169. The van der Waals surface area contributed by atoms with Gasteiger partial charge in [0.1, 0.15) is 11.9 Å². The van der Waals surface area contributed by atoms with E-state index in [0.29, 0.717) is 17.5 Å². The maximum absolute atomic E-state index is 12.9. The number of hydrogen-bond donors (Lipinski definition) is 1. The van der Waals surface area contributed by atoms with Gasteiger partial charge >= 0.3 is 0 Å². The molecule has 7 heteroatoms. The number of benzene rings is 3. The van der Waals surface area contributed by atoms with Crippen LogP contribution in [0, 0.1) is 0 Å². The van der Waals surface area contributed by atoms with Gasteiger partial charge < -0.3 is 9.88 Å². The van der Waals surface area contributed by atoms with Gasteiger partial charge in [0, 0.05) is 20.0 Å². The van der Waals surface area contributed by atoms with Crippen molar-refractivity contribution in [1.82, 2.24) is 19.8 Å². The second-order valence-corrected chi connectivity index (χ2v) is 8.34. The summed E-state index contributed by atoms with van der Waals surface area (Å²) in [6, 6.07) is 23.9. The molecule has 3 aromatic carbocycles. The molecule has 3 amide bonds. The summed E-state index contributed by atoms with van der Waals surface area (Å²) in [6.45, 7) is 0.196. The number of aromatic nitrogens is 2. The fraction of sp³-hybridized carbons (Fsp3) is 0.185. The predicted octanol–water partition coefficient (Wildman–Crippen LogP) is 3.86. The third-order valence-corrected chi connectivity index (χ3v) is 6.18. The highest BCUT2D eigenvalue weighted by atomic mass is 16.2. The molecule has 1 atom stereocenters. The minimum Gasteiger partial charge on any atom is -0.342 e. The molecule has 1 aliphatic heterocycles. The molecule has 2 heterocycles. The van der Waals surface area contributed by atoms with Crippen molar-refractivity contribution in [2.75, 3.05) is 6.54 Å². The summed E-state index contributed by atoms with van der Waals surface area (Å²) in [5, 5.41) is 3.11. The number of rotatable bonds is 7. The van der Waals surface area contributed by atoms with E-state index < -0.39 is 6.04 Å². The number of imidazole rings is 1. The number of amides is 3. The summed E-state index contributed by atoms with van der Waals surface area (Å²) in [5.41, 5.74) is 3.61. The fourth-order valence-electron chi connectivity index (χ4n) is 4.44. The summed E-state index contributed by atoms with van der Waals surface area (Å²) in [4.78, 5) is 44.0. The summed E-state index contributed by atoms with van der Waals surface area (Å²) in [5.74, 6) is -0.0376. The van der Waals surface area contributed by atoms with Gasteiger partial charge in [-0.1, -0.05) is 54.6 Å². The van der Waals surface area contributed by atoms with Crippen molar-refractivity contribution in [3.63, 3.8) is 0 Å². The Labute approximate surface area is 197 Å². The Hall–Kier alpha value is -4.26. The SMILES string of the molecule is Cn1c(C(NC(=O)CCCN2C(=O)c3ccccc3C2=O)c2ccccc2)nc2ccccc21. The number of imide groups is 1. The van der Waals surface area contributed by atoms with Crippen LogP contribution >= 0.6 is 0 Å². The average molecular weight is 453 g/mol. The molecule has 0 bridgehead atoms. The van der Waals surface area contributed by atoms with Gasteiger partial charge in [0.15, 0.2) is 0 Å². The third-order valence-electron chi connectivity index (χ3n) is 6.18. The Morgan fingerprint density at radius 1 is 0.882 bits per heavy atom. The molecule has 0 radical (unpaired) electrons. The molecule has 34 heavy (non-hydrogen) atoms. The van der Waals surface area contributed by atoms with Gasteiger partial charge in [0.25, 0.3) is 11.8 Å². The molecule has 0 saturated carbocycles. The number of fused-ring (bicyclic) bond motifs is 2. The Morgan fingerprint density at radius 3 is 2.18 bits per heavy atom. The molecule has 5 rings (SSSR count). The second-order valence-electron chi connectivity index (χ2n) is 8.34. The van der Waals surface area contributed by atoms with Crippen LogP contribution in [0.1, 0.15) is 51.0 Å². The van der Waals surface area contributed by atoms with Gasteiger partial charge in [-0.15, -0.1) is 0 Å². The molecule has 4 aromatic rings. The highest BCUT2D eigenvalue weighted by Crippen LogP contribution is 2.26. The van der Waals surface area contributed by atoms with Crippen LogP contribution in [0.5, 0.6) is 0 Å². The molecular formula is C27H24N4O3. The van der Waals surface area contributed by atoms with Gasteiger partial charge in [0.2, 0.25) is 5.91 Å². The second kappa shape index (κ2) is 8.94. The molecule has 1 N–H and O–H groups in total. The molecule has 0 fully saturated rings. The van der Waals surface area contributed by atoms with Crippen LogP contribution in [0.2, 0.25) is 0 Å². The van der Waals surface area contributed by atoms with E-state index in [9.17, 15) is 14.4 Å². The summed E-state index contributed by atoms with van der Waals surface area (Å²) in [7, 11) is 1.94. The van der Waals surface area contributed by atoms with Crippen LogP contribution in [0.25, 0.3) is 11.0 Å². The van der Waals surface area contributed by atoms with Gasteiger partial charge in [-0.25, -0.2) is 4.98 Å². The number of hydrogen-bond acceptors (Lipinski definition) is 4. The number of carbonyl (C=O) groups is 3. The number of nitrogens with zero attached hydrogens (tertiary/aromatic N) is 3. The highest BCUT2D eigenvalue weighted by Gasteiger charge is 2.34. The summed E-state index contributed by atoms with van der Waals surface area (Å²) >= 11 is 0. The van der Waals surface area contributed by atoms with E-state index in [1.807, 2.05) is 66.2 Å². The molecular weight excluding hydrogens is 428 g/mol. The average Bonchev–Trinajstić information content (AvgIpc) is 3.32. The van der Waals surface area contributed by atoms with Gasteiger partial charge in [-0.2, -0.15) is 0 Å². The lowest BCUT2D eigenvalue weighted by Crippen LogP contribution is -2.33. The minimum atomic E-state index is -0.426. The molecule has 1 aromatic heterocycles. The first-order valence-electron chi connectivity index (χ1n) is 11.3. The third kappa shape index (κ3) is 3.85. The first-order chi connectivity index (χ1) is 16.5. The van der Waals surface area contributed by atoms with Gasteiger partial charge in [-0.05, 0) is 36.2 Å². The standard InChI is InChI=1S/C27H24N4O3/c1-30-22-15-8-7-14-21(22)28-25(30)24(18-10-3-2-4-11-18)29-23(32)16-9-17-31-26(33)19-12-5-6-13-20(19)27(31)34/h2-8,10-15,24H,9,16-17H2,1H3,(H,29,32). The summed E-state index contributed by atoms with van der Waals surface area (Å²) in [6.07, 6.45) is 0.558. The first-order valence-corrected chi connectivity index (χ1v) is 11.3. The number of carbonyl (C=O) groups excluding carboxylic acids is 3. The fourth-order valence-corrected chi connectivity index (χ4v) is 4.44. The molecule has 0 saturated heterocycles. The number of para-hydroxylation sites is 2. The first kappa shape index (κ1) is 21.6. The lowest BCUT2D eigenvalue weighted by molar-refractivity contribution is -0.121. The van der Waals surface area contributed by atoms with E-state index in [1.54, 1.807) is 24.3 Å². The lowest BCUT2D eigenvalue weighted by atomic mass is 10.1. The molecule has 1 aliphatic rings. The van der Waals surface area contributed by atoms with Crippen molar-refractivity contribution in [1.29, 1.82) is 0 Å². The Balaban J connectivity index is 1.30. The quantitative estimate of drug-likeness (QED) is 0.432. The van der Waals surface area contributed by atoms with E-state index >= 15 is 0 Å². The largest absolute Gasteiger partial charge is 0.342 e. The van der Waals surface area contributed by atoms with Crippen LogP contribution in [0.15, 0.2) is 78.9 Å². The van der Waals surface area contributed by atoms with Crippen molar-refractivity contribution >= 4 is 28.8 Å². The Kier molecular flexibility index (Phi) is 5.67. The Morgan fingerprint density at radius 2 is 1.50 bits per heavy atom. The maximum Gasteiger partial charge on any atom is 0.261 e. The van der Waals surface area contributed by atoms with Crippen molar-refractivity contribution < 1.29 is 14.4 Å². The highest BCUT2D eigenvalue weighted by molar-refractivity contribution is 6.21. The predicted molar refractivity (Wildman–Crippen MR) is 128 cm³/mol. The van der Waals surface area contributed by atoms with E-state index in [4.69, 9.17) is 4.98 Å². The molecule has 7 nitrogen and oxygen atoms in total. The molecule has 0 spiro atoms. The normalized spacial score (nSPS) is 13.9. The van der Waals surface area contributed by atoms with Crippen LogP contribution in [0.4, 0.5) is 0 Å². The zero-order valence-corrected chi connectivity index (χ0v) is 18.8. The molecule has 170 valence electrons. The van der Waals surface area contributed by atoms with Crippen molar-refractivity contribution in [3.8, 4) is 0 Å².